The summed E-state index contributed by atoms with van der Waals surface area (Å²) in [6.45, 7) is 1.64. The summed E-state index contributed by atoms with van der Waals surface area (Å²) in [5.41, 5.74) is 1.35. The number of benzene rings is 1. The number of anilines is 1. The van der Waals surface area contributed by atoms with E-state index in [9.17, 15) is 13.6 Å². The van der Waals surface area contributed by atoms with Gasteiger partial charge in [0.05, 0.1) is 17.9 Å². The van der Waals surface area contributed by atoms with Crippen LogP contribution in [0.2, 0.25) is 0 Å². The molecule has 0 radical (unpaired) electrons. The zero-order valence-electron chi connectivity index (χ0n) is 12.8. The number of nitriles is 1. The number of aromatic nitrogens is 1. The number of hydrogen-bond donors (Lipinski definition) is 0. The van der Waals surface area contributed by atoms with Gasteiger partial charge < -0.3 is 4.74 Å². The summed E-state index contributed by atoms with van der Waals surface area (Å²) in [7, 11) is 0. The second kappa shape index (κ2) is 5.89. The highest BCUT2D eigenvalue weighted by Crippen LogP contribution is 2.42. The summed E-state index contributed by atoms with van der Waals surface area (Å²) in [5.74, 6) is -1.45. The molecule has 1 amide bonds. The normalized spacial score (nSPS) is 15.4. The Labute approximate surface area is 137 Å². The fraction of sp³-hybridized carbons (Fsp3) is 0.235. The number of alkyl halides is 2. The number of rotatable bonds is 3. The predicted molar refractivity (Wildman–Crippen MR) is 81.5 cm³/mol. The van der Waals surface area contributed by atoms with Crippen molar-refractivity contribution >= 4 is 11.6 Å². The minimum absolute atomic E-state index is 0.000961. The molecule has 3 rings (SSSR count). The van der Waals surface area contributed by atoms with Gasteiger partial charge in [0, 0.05) is 0 Å². The van der Waals surface area contributed by atoms with Crippen LogP contribution < -0.4 is 9.64 Å². The summed E-state index contributed by atoms with van der Waals surface area (Å²) in [5, 5.41) is 8.90. The van der Waals surface area contributed by atoms with Crippen molar-refractivity contribution in [2.45, 2.75) is 26.0 Å². The Morgan fingerprint density at radius 2 is 2.04 bits per heavy atom. The molecule has 1 aromatic carbocycles. The first kappa shape index (κ1) is 15.9. The van der Waals surface area contributed by atoms with Gasteiger partial charge in [-0.3, -0.25) is 9.69 Å². The monoisotopic (exact) mass is 329 g/mol. The van der Waals surface area contributed by atoms with Gasteiger partial charge in [0.1, 0.15) is 11.8 Å². The fourth-order valence-corrected chi connectivity index (χ4v) is 2.57. The van der Waals surface area contributed by atoms with E-state index in [1.54, 1.807) is 30.3 Å². The Balaban J connectivity index is 2.06. The van der Waals surface area contributed by atoms with E-state index in [0.29, 0.717) is 17.7 Å². The van der Waals surface area contributed by atoms with Gasteiger partial charge in [0.25, 0.3) is 0 Å². The maximum atomic E-state index is 14.0. The van der Waals surface area contributed by atoms with Crippen molar-refractivity contribution in [2.75, 3.05) is 4.90 Å². The smallest absolute Gasteiger partial charge is 0.423 e. The van der Waals surface area contributed by atoms with Crippen LogP contribution in [-0.4, -0.2) is 17.0 Å². The standard InChI is InChI=1S/C17H13F2N3O2/c1-2-11-5-3-8-14-15(11)24-17(18,19)16(23)22(14)10-13-7-4-6-12(9-20)21-13/h3-8H,2,10H2,1H3. The van der Waals surface area contributed by atoms with Crippen molar-refractivity contribution in [3.05, 3.63) is 53.3 Å². The van der Waals surface area contributed by atoms with Crippen LogP contribution in [0.5, 0.6) is 5.75 Å². The largest absolute Gasteiger partial charge is 0.483 e. The molecule has 5 nitrogen and oxygen atoms in total. The van der Waals surface area contributed by atoms with Gasteiger partial charge in [-0.15, -0.1) is 0 Å². The summed E-state index contributed by atoms with van der Waals surface area (Å²) >= 11 is 0. The van der Waals surface area contributed by atoms with Crippen LogP contribution in [0.1, 0.15) is 23.9 Å². The van der Waals surface area contributed by atoms with E-state index in [-0.39, 0.29) is 23.7 Å². The lowest BCUT2D eigenvalue weighted by atomic mass is 10.1. The van der Waals surface area contributed by atoms with Crippen molar-refractivity contribution in [1.82, 2.24) is 4.98 Å². The van der Waals surface area contributed by atoms with Crippen LogP contribution in [0.15, 0.2) is 36.4 Å². The van der Waals surface area contributed by atoms with Gasteiger partial charge in [-0.1, -0.05) is 25.1 Å². The van der Waals surface area contributed by atoms with Crippen molar-refractivity contribution in [2.24, 2.45) is 0 Å². The molecule has 2 heterocycles. The van der Waals surface area contributed by atoms with Crippen molar-refractivity contribution < 1.29 is 18.3 Å². The number of ether oxygens (including phenoxy) is 1. The molecule has 24 heavy (non-hydrogen) atoms. The average Bonchev–Trinajstić information content (AvgIpc) is 2.58. The lowest BCUT2D eigenvalue weighted by Crippen LogP contribution is -2.50. The number of pyridine rings is 1. The highest BCUT2D eigenvalue weighted by atomic mass is 19.3. The fourth-order valence-electron chi connectivity index (χ4n) is 2.57. The zero-order valence-corrected chi connectivity index (χ0v) is 12.8. The molecule has 1 aromatic heterocycles. The minimum Gasteiger partial charge on any atom is -0.423 e. The molecule has 0 atom stereocenters. The number of carbonyl (C=O) groups excluding carboxylic acids is 1. The van der Waals surface area contributed by atoms with E-state index < -0.39 is 12.0 Å². The molecule has 0 fully saturated rings. The van der Waals surface area contributed by atoms with Gasteiger partial charge in [-0.05, 0) is 30.2 Å². The molecule has 0 saturated carbocycles. The molecule has 1 aliphatic rings. The van der Waals surface area contributed by atoms with Gasteiger partial charge in [0.2, 0.25) is 0 Å². The van der Waals surface area contributed by atoms with E-state index in [1.165, 1.54) is 6.07 Å². The number of para-hydroxylation sites is 1. The van der Waals surface area contributed by atoms with Gasteiger partial charge in [0.15, 0.2) is 5.75 Å². The van der Waals surface area contributed by atoms with E-state index >= 15 is 0 Å². The molecular weight excluding hydrogens is 316 g/mol. The number of halogens is 2. The van der Waals surface area contributed by atoms with Gasteiger partial charge in [-0.2, -0.15) is 14.0 Å². The van der Waals surface area contributed by atoms with Crippen LogP contribution in [-0.2, 0) is 17.8 Å². The van der Waals surface area contributed by atoms with E-state index in [4.69, 9.17) is 5.26 Å². The van der Waals surface area contributed by atoms with Crippen LogP contribution in [0, 0.1) is 11.3 Å². The Kier molecular flexibility index (Phi) is 3.89. The van der Waals surface area contributed by atoms with Crippen LogP contribution in [0.25, 0.3) is 0 Å². The SMILES string of the molecule is CCc1cccc2c1OC(F)(F)C(=O)N2Cc1cccc(C#N)n1. The third-order valence-corrected chi connectivity index (χ3v) is 3.71. The third kappa shape index (κ3) is 2.67. The van der Waals surface area contributed by atoms with Crippen LogP contribution in [0.3, 0.4) is 0 Å². The average molecular weight is 329 g/mol. The zero-order chi connectivity index (χ0) is 17.3. The molecule has 0 aliphatic carbocycles. The Hall–Kier alpha value is -3.01. The van der Waals surface area contributed by atoms with Gasteiger partial charge in [-0.25, -0.2) is 4.98 Å². The number of fused-ring (bicyclic) bond motifs is 1. The molecule has 0 unspecified atom stereocenters. The maximum absolute atomic E-state index is 14.0. The highest BCUT2D eigenvalue weighted by Gasteiger charge is 2.51. The first-order chi connectivity index (χ1) is 11.5. The van der Waals surface area contributed by atoms with Crippen molar-refractivity contribution in [3.8, 4) is 11.8 Å². The Bertz CT molecular complexity index is 846. The van der Waals surface area contributed by atoms with Crippen LogP contribution in [0.4, 0.5) is 14.5 Å². The minimum atomic E-state index is -3.94. The first-order valence-electron chi connectivity index (χ1n) is 7.33. The number of aryl methyl sites for hydroxylation is 1. The van der Waals surface area contributed by atoms with E-state index in [2.05, 4.69) is 9.72 Å². The first-order valence-corrected chi connectivity index (χ1v) is 7.33. The molecular formula is C17H13F2N3O2. The molecule has 0 bridgehead atoms. The lowest BCUT2D eigenvalue weighted by molar-refractivity contribution is -0.193. The van der Waals surface area contributed by atoms with E-state index in [0.717, 1.165) is 4.90 Å². The van der Waals surface area contributed by atoms with Crippen LogP contribution >= 0.6 is 0 Å². The third-order valence-electron chi connectivity index (χ3n) is 3.71. The quantitative estimate of drug-likeness (QED) is 0.868. The van der Waals surface area contributed by atoms with Crippen molar-refractivity contribution in [1.29, 1.82) is 5.26 Å². The summed E-state index contributed by atoms with van der Waals surface area (Å²) in [6.07, 6.45) is -3.45. The number of nitrogens with zero attached hydrogens (tertiary/aromatic N) is 3. The van der Waals surface area contributed by atoms with Gasteiger partial charge >= 0.3 is 12.0 Å². The molecule has 0 spiro atoms. The number of carbonyl (C=O) groups is 1. The predicted octanol–water partition coefficient (Wildman–Crippen LogP) is 3.03. The number of hydrogen-bond acceptors (Lipinski definition) is 4. The molecule has 1 aliphatic heterocycles. The Morgan fingerprint density at radius 1 is 1.29 bits per heavy atom. The topological polar surface area (TPSA) is 66.2 Å². The lowest BCUT2D eigenvalue weighted by Gasteiger charge is -2.34. The maximum Gasteiger partial charge on any atom is 0.483 e. The Morgan fingerprint density at radius 3 is 2.75 bits per heavy atom. The summed E-state index contributed by atoms with van der Waals surface area (Å²) < 4.78 is 32.7. The van der Waals surface area contributed by atoms with Crippen molar-refractivity contribution in [3.63, 3.8) is 0 Å². The molecule has 2 aromatic rings. The molecule has 0 saturated heterocycles. The molecule has 0 N–H and O–H groups in total. The highest BCUT2D eigenvalue weighted by molar-refractivity contribution is 6.01. The summed E-state index contributed by atoms with van der Waals surface area (Å²) in [4.78, 5) is 17.1. The number of amides is 1. The second-order valence-corrected chi connectivity index (χ2v) is 5.26. The summed E-state index contributed by atoms with van der Waals surface area (Å²) in [6, 6.07) is 11.5. The molecule has 122 valence electrons. The molecule has 7 heteroatoms. The second-order valence-electron chi connectivity index (χ2n) is 5.26. The van der Waals surface area contributed by atoms with E-state index in [1.807, 2.05) is 13.0 Å².